The number of anilines is 6. The molecule has 3 heteroatoms. The molecular weight excluding hydrogens is 637 g/mol. The molecule has 0 radical (unpaired) electrons. The number of fused-ring (bicyclic) bond motifs is 9. The maximum atomic E-state index is 2.40. The van der Waals surface area contributed by atoms with Crippen LogP contribution in [-0.4, -0.2) is 0 Å². The summed E-state index contributed by atoms with van der Waals surface area (Å²) in [4.78, 5) is 4.77. The van der Waals surface area contributed by atoms with E-state index in [0.29, 0.717) is 0 Å². The molecule has 240 valence electrons. The maximum absolute atomic E-state index is 2.40. The summed E-state index contributed by atoms with van der Waals surface area (Å²) in [6, 6.07) is 70.3. The Bertz CT molecular complexity index is 2870. The van der Waals surface area contributed by atoms with Crippen LogP contribution in [0.4, 0.5) is 34.1 Å². The summed E-state index contributed by atoms with van der Waals surface area (Å²) < 4.78 is 2.65. The van der Waals surface area contributed by atoms with Crippen molar-refractivity contribution in [2.45, 2.75) is 0 Å². The van der Waals surface area contributed by atoms with Crippen molar-refractivity contribution in [3.05, 3.63) is 194 Å². The van der Waals surface area contributed by atoms with E-state index in [1.165, 1.54) is 52.5 Å². The zero-order valence-corrected chi connectivity index (χ0v) is 28.6. The molecule has 1 heterocycles. The van der Waals surface area contributed by atoms with Gasteiger partial charge in [-0.05, 0) is 88.3 Å². The molecule has 0 spiro atoms. The Kier molecular flexibility index (Phi) is 7.04. The van der Waals surface area contributed by atoms with Crippen molar-refractivity contribution in [3.8, 4) is 0 Å². The van der Waals surface area contributed by atoms with Crippen LogP contribution in [0.3, 0.4) is 0 Å². The molecule has 0 bridgehead atoms. The van der Waals surface area contributed by atoms with Crippen molar-refractivity contribution in [2.75, 3.05) is 9.80 Å². The van der Waals surface area contributed by atoms with Crippen LogP contribution < -0.4 is 9.80 Å². The highest BCUT2D eigenvalue weighted by atomic mass is 32.1. The van der Waals surface area contributed by atoms with Crippen molar-refractivity contribution >= 4 is 98.0 Å². The first kappa shape index (κ1) is 29.5. The lowest BCUT2D eigenvalue weighted by atomic mass is 9.96. The third-order valence-corrected chi connectivity index (χ3v) is 11.2. The lowest BCUT2D eigenvalue weighted by Gasteiger charge is -2.30. The monoisotopic (exact) mass is 668 g/mol. The molecule has 0 amide bonds. The molecule has 0 fully saturated rings. The van der Waals surface area contributed by atoms with Gasteiger partial charge in [0.25, 0.3) is 0 Å². The van der Waals surface area contributed by atoms with Crippen LogP contribution in [-0.2, 0) is 0 Å². The molecule has 0 aliphatic carbocycles. The van der Waals surface area contributed by atoms with E-state index in [2.05, 4.69) is 204 Å². The lowest BCUT2D eigenvalue weighted by Crippen LogP contribution is -2.13. The second-order valence-electron chi connectivity index (χ2n) is 12.9. The molecule has 0 aliphatic rings. The standard InChI is InChI=1S/C48H32N2S/c1-3-17-34(18-4-1)49(38-29-30-41-40-24-9-10-25-42(40)47-43-26-11-12-28-46(43)51-48(47)44(41)32-38)36-21-14-22-37(31-36)50(35-19-5-2-6-20-35)45-27-13-16-33-15-7-8-23-39(33)45/h1-32H. The Morgan fingerprint density at radius 1 is 0.314 bits per heavy atom. The summed E-state index contributed by atoms with van der Waals surface area (Å²) in [6.45, 7) is 0. The largest absolute Gasteiger partial charge is 0.310 e. The lowest BCUT2D eigenvalue weighted by molar-refractivity contribution is 1.26. The van der Waals surface area contributed by atoms with Crippen molar-refractivity contribution < 1.29 is 0 Å². The van der Waals surface area contributed by atoms with Crippen molar-refractivity contribution in [2.24, 2.45) is 0 Å². The van der Waals surface area contributed by atoms with Crippen molar-refractivity contribution in [1.82, 2.24) is 0 Å². The topological polar surface area (TPSA) is 6.48 Å². The Labute approximate surface area is 300 Å². The number of hydrogen-bond acceptors (Lipinski definition) is 3. The van der Waals surface area contributed by atoms with Gasteiger partial charge in [-0.1, -0.05) is 127 Å². The van der Waals surface area contributed by atoms with Gasteiger partial charge in [0.2, 0.25) is 0 Å². The summed E-state index contributed by atoms with van der Waals surface area (Å²) >= 11 is 1.90. The molecule has 0 unspecified atom stereocenters. The Hall–Kier alpha value is -6.42. The summed E-state index contributed by atoms with van der Waals surface area (Å²) in [5.74, 6) is 0. The minimum absolute atomic E-state index is 1.09. The fourth-order valence-corrected chi connectivity index (χ4v) is 8.98. The van der Waals surface area contributed by atoms with Crippen LogP contribution in [0.25, 0.3) is 52.5 Å². The molecule has 51 heavy (non-hydrogen) atoms. The third kappa shape index (κ3) is 4.93. The minimum Gasteiger partial charge on any atom is -0.310 e. The van der Waals surface area contributed by atoms with Gasteiger partial charge in [-0.3, -0.25) is 0 Å². The van der Waals surface area contributed by atoms with E-state index in [1.54, 1.807) is 0 Å². The highest BCUT2D eigenvalue weighted by Gasteiger charge is 2.20. The number of benzene rings is 9. The fourth-order valence-electron chi connectivity index (χ4n) is 7.74. The van der Waals surface area contributed by atoms with E-state index >= 15 is 0 Å². The van der Waals surface area contributed by atoms with Crippen molar-refractivity contribution in [1.29, 1.82) is 0 Å². The Morgan fingerprint density at radius 2 is 0.843 bits per heavy atom. The van der Waals surface area contributed by atoms with Gasteiger partial charge in [-0.25, -0.2) is 0 Å². The molecule has 0 aliphatic heterocycles. The number of nitrogens with zero attached hydrogens (tertiary/aromatic N) is 2. The summed E-state index contributed by atoms with van der Waals surface area (Å²) in [5, 5.41) is 10.3. The molecule has 0 N–H and O–H groups in total. The third-order valence-electron chi connectivity index (χ3n) is 9.97. The fraction of sp³-hybridized carbons (Fsp3) is 0. The van der Waals surface area contributed by atoms with Crippen LogP contribution in [0, 0.1) is 0 Å². The highest BCUT2D eigenvalue weighted by molar-refractivity contribution is 7.27. The van der Waals surface area contributed by atoms with Gasteiger partial charge in [0, 0.05) is 59.4 Å². The number of rotatable bonds is 6. The van der Waals surface area contributed by atoms with Gasteiger partial charge in [-0.2, -0.15) is 0 Å². The predicted molar refractivity (Wildman–Crippen MR) is 221 cm³/mol. The molecule has 0 saturated heterocycles. The van der Waals surface area contributed by atoms with Crippen molar-refractivity contribution in [3.63, 3.8) is 0 Å². The molecule has 9 aromatic carbocycles. The Balaban J connectivity index is 1.21. The second kappa shape index (κ2) is 12.2. The zero-order valence-electron chi connectivity index (χ0n) is 27.8. The van der Waals surface area contributed by atoms with Crippen LogP contribution in [0.1, 0.15) is 0 Å². The normalized spacial score (nSPS) is 11.5. The van der Waals surface area contributed by atoms with E-state index in [9.17, 15) is 0 Å². The van der Waals surface area contributed by atoms with Crippen LogP contribution >= 0.6 is 11.3 Å². The highest BCUT2D eigenvalue weighted by Crippen LogP contribution is 2.47. The van der Waals surface area contributed by atoms with E-state index in [4.69, 9.17) is 0 Å². The van der Waals surface area contributed by atoms with Gasteiger partial charge in [-0.15, -0.1) is 11.3 Å². The summed E-state index contributed by atoms with van der Waals surface area (Å²) in [6.07, 6.45) is 0. The maximum Gasteiger partial charge on any atom is 0.0540 e. The van der Waals surface area contributed by atoms with Gasteiger partial charge in [0.1, 0.15) is 0 Å². The van der Waals surface area contributed by atoms with Gasteiger partial charge < -0.3 is 9.80 Å². The first-order valence-electron chi connectivity index (χ1n) is 17.4. The van der Waals surface area contributed by atoms with Gasteiger partial charge in [0.15, 0.2) is 0 Å². The molecule has 0 saturated carbocycles. The molecular formula is C48H32N2S. The van der Waals surface area contributed by atoms with Crippen LogP contribution in [0.2, 0.25) is 0 Å². The molecule has 1 aromatic heterocycles. The quantitative estimate of drug-likeness (QED) is 0.163. The van der Waals surface area contributed by atoms with Gasteiger partial charge in [0.05, 0.1) is 5.69 Å². The zero-order chi connectivity index (χ0) is 33.7. The smallest absolute Gasteiger partial charge is 0.0540 e. The van der Waals surface area contributed by atoms with E-state index in [1.807, 2.05) is 11.3 Å². The minimum atomic E-state index is 1.09. The first-order chi connectivity index (χ1) is 25.3. The number of thiophene rings is 1. The van der Waals surface area contributed by atoms with Crippen LogP contribution in [0.5, 0.6) is 0 Å². The SMILES string of the molecule is c1ccc(N(c2cccc(N(c3ccccc3)c3cccc4ccccc34)c2)c2ccc3c4ccccc4c4c5ccccc5sc4c3c2)cc1. The average molecular weight is 669 g/mol. The molecule has 0 atom stereocenters. The Morgan fingerprint density at radius 3 is 1.63 bits per heavy atom. The van der Waals surface area contributed by atoms with Crippen LogP contribution in [0.15, 0.2) is 194 Å². The predicted octanol–water partition coefficient (Wildman–Crippen LogP) is 14.5. The van der Waals surface area contributed by atoms with E-state index in [0.717, 1.165) is 34.1 Å². The number of hydrogen-bond donors (Lipinski definition) is 0. The summed E-state index contributed by atoms with van der Waals surface area (Å²) in [5.41, 5.74) is 6.67. The summed E-state index contributed by atoms with van der Waals surface area (Å²) in [7, 11) is 0. The number of para-hydroxylation sites is 2. The van der Waals surface area contributed by atoms with Gasteiger partial charge >= 0.3 is 0 Å². The van der Waals surface area contributed by atoms with E-state index < -0.39 is 0 Å². The molecule has 10 aromatic rings. The molecule has 2 nitrogen and oxygen atoms in total. The first-order valence-corrected chi connectivity index (χ1v) is 18.2. The second-order valence-corrected chi connectivity index (χ2v) is 14.0. The molecule has 10 rings (SSSR count). The van der Waals surface area contributed by atoms with E-state index in [-0.39, 0.29) is 0 Å². The average Bonchev–Trinajstić information content (AvgIpc) is 3.60.